The molecule has 2 rings (SSSR count). The fourth-order valence-corrected chi connectivity index (χ4v) is 1.94. The minimum atomic E-state index is -0.126. The molecule has 0 bridgehead atoms. The van der Waals surface area contributed by atoms with Gasteiger partial charge in [-0.3, -0.25) is 0 Å². The third-order valence-electron chi connectivity index (χ3n) is 2.82. The molecule has 3 nitrogen and oxygen atoms in total. The number of hydrogen-bond donors (Lipinski definition) is 2. The zero-order valence-corrected chi connectivity index (χ0v) is 7.33. The summed E-state index contributed by atoms with van der Waals surface area (Å²) in [6.07, 6.45) is 4.39. The average molecular weight is 171 g/mol. The lowest BCUT2D eigenvalue weighted by molar-refractivity contribution is -0.0244. The van der Waals surface area contributed by atoms with E-state index >= 15 is 0 Å². The summed E-state index contributed by atoms with van der Waals surface area (Å²) < 4.78 is 5.07. The Labute approximate surface area is 73.1 Å². The Hall–Kier alpha value is -0.120. The Morgan fingerprint density at radius 1 is 1.17 bits per heavy atom. The van der Waals surface area contributed by atoms with Gasteiger partial charge in [-0.25, -0.2) is 0 Å². The summed E-state index contributed by atoms with van der Waals surface area (Å²) >= 11 is 0. The van der Waals surface area contributed by atoms with Gasteiger partial charge in [-0.1, -0.05) is 12.8 Å². The molecule has 1 saturated heterocycles. The standard InChI is InChI=1S/C9H17NO2/c11-9-4-2-1-3-8(9)10-7-5-12-6-7/h7-11H,1-6H2. The first-order chi connectivity index (χ1) is 5.86. The third-order valence-corrected chi connectivity index (χ3v) is 2.82. The lowest BCUT2D eigenvalue weighted by Gasteiger charge is -2.35. The molecule has 0 radical (unpaired) electrons. The van der Waals surface area contributed by atoms with E-state index in [0.717, 1.165) is 26.1 Å². The van der Waals surface area contributed by atoms with E-state index in [2.05, 4.69) is 5.32 Å². The predicted molar refractivity (Wildman–Crippen MR) is 46.0 cm³/mol. The first kappa shape index (κ1) is 8.48. The van der Waals surface area contributed by atoms with Crippen molar-refractivity contribution in [3.63, 3.8) is 0 Å². The van der Waals surface area contributed by atoms with Gasteiger partial charge in [0.25, 0.3) is 0 Å². The molecule has 2 atom stereocenters. The van der Waals surface area contributed by atoms with E-state index in [-0.39, 0.29) is 6.10 Å². The maximum atomic E-state index is 9.63. The van der Waals surface area contributed by atoms with Gasteiger partial charge in [-0.15, -0.1) is 0 Å². The lowest BCUT2D eigenvalue weighted by Crippen LogP contribution is -2.54. The fraction of sp³-hybridized carbons (Fsp3) is 1.00. The molecule has 1 heterocycles. The predicted octanol–water partition coefficient (Wildman–Crippen LogP) is 0.278. The van der Waals surface area contributed by atoms with Crippen LogP contribution in [0.2, 0.25) is 0 Å². The van der Waals surface area contributed by atoms with Crippen molar-refractivity contribution >= 4 is 0 Å². The zero-order valence-electron chi connectivity index (χ0n) is 7.33. The van der Waals surface area contributed by atoms with Crippen LogP contribution in [-0.4, -0.2) is 36.5 Å². The van der Waals surface area contributed by atoms with Gasteiger partial charge in [0.2, 0.25) is 0 Å². The van der Waals surface area contributed by atoms with Crippen LogP contribution in [0.3, 0.4) is 0 Å². The van der Waals surface area contributed by atoms with Crippen molar-refractivity contribution in [2.45, 2.75) is 43.9 Å². The van der Waals surface area contributed by atoms with Crippen molar-refractivity contribution in [1.29, 1.82) is 0 Å². The number of aliphatic hydroxyl groups is 1. The molecular formula is C9H17NO2. The Morgan fingerprint density at radius 2 is 1.92 bits per heavy atom. The van der Waals surface area contributed by atoms with E-state index in [1.165, 1.54) is 12.8 Å². The van der Waals surface area contributed by atoms with E-state index < -0.39 is 0 Å². The number of rotatable bonds is 2. The highest BCUT2D eigenvalue weighted by molar-refractivity contribution is 4.85. The highest BCUT2D eigenvalue weighted by atomic mass is 16.5. The van der Waals surface area contributed by atoms with Crippen LogP contribution in [-0.2, 0) is 4.74 Å². The lowest BCUT2D eigenvalue weighted by atomic mass is 9.92. The van der Waals surface area contributed by atoms with Crippen LogP contribution in [0.5, 0.6) is 0 Å². The SMILES string of the molecule is OC1CCCCC1NC1COC1. The second-order valence-electron chi connectivity index (χ2n) is 3.86. The highest BCUT2D eigenvalue weighted by Crippen LogP contribution is 2.19. The Morgan fingerprint density at radius 3 is 2.50 bits per heavy atom. The highest BCUT2D eigenvalue weighted by Gasteiger charge is 2.27. The number of ether oxygens (including phenoxy) is 1. The Balaban J connectivity index is 1.76. The molecular weight excluding hydrogens is 154 g/mol. The van der Waals surface area contributed by atoms with Crippen molar-refractivity contribution in [3.05, 3.63) is 0 Å². The molecule has 0 spiro atoms. The minimum Gasteiger partial charge on any atom is -0.392 e. The Kier molecular flexibility index (Phi) is 2.63. The molecule has 2 unspecified atom stereocenters. The summed E-state index contributed by atoms with van der Waals surface area (Å²) in [6.45, 7) is 1.65. The van der Waals surface area contributed by atoms with Crippen LogP contribution in [0.1, 0.15) is 25.7 Å². The van der Waals surface area contributed by atoms with Crippen LogP contribution in [0.25, 0.3) is 0 Å². The largest absolute Gasteiger partial charge is 0.392 e. The summed E-state index contributed by atoms with van der Waals surface area (Å²) in [5, 5.41) is 13.1. The van der Waals surface area contributed by atoms with E-state index in [1.54, 1.807) is 0 Å². The van der Waals surface area contributed by atoms with Gasteiger partial charge in [0.15, 0.2) is 0 Å². The molecule has 0 aromatic carbocycles. The second kappa shape index (κ2) is 3.73. The average Bonchev–Trinajstić information content (AvgIpc) is 2.00. The van der Waals surface area contributed by atoms with Gasteiger partial charge >= 0.3 is 0 Å². The van der Waals surface area contributed by atoms with E-state index in [0.29, 0.717) is 12.1 Å². The van der Waals surface area contributed by atoms with Gasteiger partial charge in [0.1, 0.15) is 0 Å². The molecule has 0 aromatic rings. The maximum absolute atomic E-state index is 9.63. The van der Waals surface area contributed by atoms with Crippen molar-refractivity contribution in [1.82, 2.24) is 5.32 Å². The van der Waals surface area contributed by atoms with Crippen molar-refractivity contribution in [3.8, 4) is 0 Å². The molecule has 12 heavy (non-hydrogen) atoms. The summed E-state index contributed by atoms with van der Waals surface area (Å²) in [4.78, 5) is 0. The van der Waals surface area contributed by atoms with Crippen molar-refractivity contribution in [2.75, 3.05) is 13.2 Å². The molecule has 3 heteroatoms. The van der Waals surface area contributed by atoms with Crippen LogP contribution in [0.15, 0.2) is 0 Å². The van der Waals surface area contributed by atoms with Gasteiger partial charge in [0.05, 0.1) is 25.4 Å². The minimum absolute atomic E-state index is 0.126. The molecule has 2 N–H and O–H groups in total. The third kappa shape index (κ3) is 1.79. The first-order valence-electron chi connectivity index (χ1n) is 4.88. The number of aliphatic hydroxyl groups excluding tert-OH is 1. The summed E-state index contributed by atoms with van der Waals surface area (Å²) in [7, 11) is 0. The maximum Gasteiger partial charge on any atom is 0.0693 e. The Bertz CT molecular complexity index is 147. The molecule has 1 aliphatic carbocycles. The molecule has 0 amide bonds. The number of hydrogen-bond acceptors (Lipinski definition) is 3. The van der Waals surface area contributed by atoms with E-state index in [9.17, 15) is 5.11 Å². The topological polar surface area (TPSA) is 41.5 Å². The van der Waals surface area contributed by atoms with E-state index in [1.807, 2.05) is 0 Å². The van der Waals surface area contributed by atoms with Crippen molar-refractivity contribution < 1.29 is 9.84 Å². The second-order valence-corrected chi connectivity index (χ2v) is 3.86. The number of nitrogens with one attached hydrogen (secondary N) is 1. The molecule has 2 fully saturated rings. The quantitative estimate of drug-likeness (QED) is 0.627. The van der Waals surface area contributed by atoms with Crippen molar-refractivity contribution in [2.24, 2.45) is 0 Å². The van der Waals surface area contributed by atoms with E-state index in [4.69, 9.17) is 4.74 Å². The monoisotopic (exact) mass is 171 g/mol. The molecule has 1 saturated carbocycles. The zero-order chi connectivity index (χ0) is 8.39. The molecule has 2 aliphatic rings. The van der Waals surface area contributed by atoms with Crippen LogP contribution in [0.4, 0.5) is 0 Å². The smallest absolute Gasteiger partial charge is 0.0693 e. The summed E-state index contributed by atoms with van der Waals surface area (Å²) in [6, 6.07) is 0.829. The summed E-state index contributed by atoms with van der Waals surface area (Å²) in [5.74, 6) is 0. The van der Waals surface area contributed by atoms with Gasteiger partial charge in [0, 0.05) is 6.04 Å². The van der Waals surface area contributed by atoms with Crippen LogP contribution in [0, 0.1) is 0 Å². The van der Waals surface area contributed by atoms with Crippen LogP contribution >= 0.6 is 0 Å². The van der Waals surface area contributed by atoms with Gasteiger partial charge in [-0.05, 0) is 12.8 Å². The van der Waals surface area contributed by atoms with Gasteiger partial charge < -0.3 is 15.2 Å². The first-order valence-corrected chi connectivity index (χ1v) is 4.88. The fourth-order valence-electron chi connectivity index (χ4n) is 1.94. The van der Waals surface area contributed by atoms with Gasteiger partial charge in [-0.2, -0.15) is 0 Å². The normalized spacial score (nSPS) is 37.8. The molecule has 0 aromatic heterocycles. The van der Waals surface area contributed by atoms with Crippen LogP contribution < -0.4 is 5.32 Å². The molecule has 70 valence electrons. The molecule has 1 aliphatic heterocycles. The summed E-state index contributed by atoms with van der Waals surface area (Å²) in [5.41, 5.74) is 0.